The standard InChI is InChI=1S/C18H13Cl2F3N4O2/c1-26(8-10-3-2-4-11(5-10)18(21,22)23)17(29)16-24-9-27(25-16)12-6-13(19)15(28)14(20)7-12/h2-7,9,28H,8H2,1H3. The average Bonchev–Trinajstić information content (AvgIpc) is 3.14. The van der Waals surface area contributed by atoms with Crippen molar-refractivity contribution in [3.63, 3.8) is 0 Å². The second-order valence-corrected chi connectivity index (χ2v) is 6.94. The van der Waals surface area contributed by atoms with Crippen molar-refractivity contribution in [2.45, 2.75) is 12.7 Å². The molecule has 0 spiro atoms. The van der Waals surface area contributed by atoms with E-state index in [1.165, 1.54) is 47.2 Å². The molecule has 152 valence electrons. The Bertz CT molecular complexity index is 1050. The van der Waals surface area contributed by atoms with Gasteiger partial charge in [0.05, 0.1) is 21.3 Å². The Balaban J connectivity index is 1.78. The Hall–Kier alpha value is -2.78. The Kier molecular flexibility index (Phi) is 5.72. The van der Waals surface area contributed by atoms with Gasteiger partial charge in [-0.2, -0.15) is 13.2 Å². The number of hydrogen-bond donors (Lipinski definition) is 1. The molecule has 0 radical (unpaired) electrons. The monoisotopic (exact) mass is 444 g/mol. The quantitative estimate of drug-likeness (QED) is 0.639. The molecular formula is C18H13Cl2F3N4O2. The first-order valence-electron chi connectivity index (χ1n) is 8.08. The maximum Gasteiger partial charge on any atom is 0.416 e. The fourth-order valence-electron chi connectivity index (χ4n) is 2.53. The molecule has 1 N–H and O–H groups in total. The number of carbonyl (C=O) groups is 1. The van der Waals surface area contributed by atoms with E-state index >= 15 is 0 Å². The van der Waals surface area contributed by atoms with Gasteiger partial charge in [0, 0.05) is 13.6 Å². The van der Waals surface area contributed by atoms with E-state index in [2.05, 4.69) is 10.1 Å². The first-order chi connectivity index (χ1) is 13.6. The molecule has 3 aromatic rings. The maximum atomic E-state index is 12.8. The molecule has 0 atom stereocenters. The molecule has 11 heteroatoms. The number of aromatic nitrogens is 3. The first-order valence-corrected chi connectivity index (χ1v) is 8.83. The van der Waals surface area contributed by atoms with E-state index in [-0.39, 0.29) is 28.2 Å². The zero-order valence-electron chi connectivity index (χ0n) is 14.8. The van der Waals surface area contributed by atoms with Gasteiger partial charge in [0.15, 0.2) is 5.75 Å². The number of carbonyl (C=O) groups excluding carboxylic acids is 1. The van der Waals surface area contributed by atoms with Crippen LogP contribution in [0.1, 0.15) is 21.7 Å². The Morgan fingerprint density at radius 1 is 1.21 bits per heavy atom. The highest BCUT2D eigenvalue weighted by atomic mass is 35.5. The van der Waals surface area contributed by atoms with E-state index in [4.69, 9.17) is 23.2 Å². The van der Waals surface area contributed by atoms with Crippen LogP contribution in [0.3, 0.4) is 0 Å². The van der Waals surface area contributed by atoms with E-state index in [9.17, 15) is 23.1 Å². The van der Waals surface area contributed by atoms with Gasteiger partial charge in [-0.3, -0.25) is 4.79 Å². The van der Waals surface area contributed by atoms with Crippen LogP contribution in [0.25, 0.3) is 5.69 Å². The molecule has 0 fully saturated rings. The van der Waals surface area contributed by atoms with Crippen molar-refractivity contribution >= 4 is 29.1 Å². The van der Waals surface area contributed by atoms with Gasteiger partial charge in [0.1, 0.15) is 6.33 Å². The van der Waals surface area contributed by atoms with Crippen LogP contribution in [0.15, 0.2) is 42.7 Å². The largest absolute Gasteiger partial charge is 0.505 e. The fraction of sp³-hybridized carbons (Fsp3) is 0.167. The summed E-state index contributed by atoms with van der Waals surface area (Å²) < 4.78 is 39.7. The number of hydrogen-bond acceptors (Lipinski definition) is 4. The van der Waals surface area contributed by atoms with Crippen molar-refractivity contribution in [1.29, 1.82) is 0 Å². The van der Waals surface area contributed by atoms with E-state index in [0.29, 0.717) is 11.3 Å². The molecule has 0 unspecified atom stereocenters. The summed E-state index contributed by atoms with van der Waals surface area (Å²) in [6.45, 7) is -0.0614. The molecule has 0 aliphatic heterocycles. The molecule has 0 aliphatic carbocycles. The van der Waals surface area contributed by atoms with Crippen molar-refractivity contribution in [2.24, 2.45) is 0 Å². The lowest BCUT2D eigenvalue weighted by atomic mass is 10.1. The first kappa shape index (κ1) is 20.9. The normalized spacial score (nSPS) is 11.5. The summed E-state index contributed by atoms with van der Waals surface area (Å²) in [4.78, 5) is 17.7. The van der Waals surface area contributed by atoms with Crippen molar-refractivity contribution in [1.82, 2.24) is 19.7 Å². The number of halogens is 5. The zero-order valence-corrected chi connectivity index (χ0v) is 16.3. The number of alkyl halides is 3. The van der Waals surface area contributed by atoms with Crippen LogP contribution in [0.4, 0.5) is 13.2 Å². The molecule has 0 saturated heterocycles. The van der Waals surface area contributed by atoms with Crippen LogP contribution in [-0.2, 0) is 12.7 Å². The molecule has 3 rings (SSSR count). The van der Waals surface area contributed by atoms with Crippen LogP contribution < -0.4 is 0 Å². The van der Waals surface area contributed by atoms with Crippen molar-refractivity contribution in [2.75, 3.05) is 7.05 Å². The lowest BCUT2D eigenvalue weighted by molar-refractivity contribution is -0.137. The zero-order chi connectivity index (χ0) is 21.3. The molecule has 0 saturated carbocycles. The Morgan fingerprint density at radius 2 is 1.86 bits per heavy atom. The number of nitrogens with zero attached hydrogens (tertiary/aromatic N) is 4. The highest BCUT2D eigenvalue weighted by molar-refractivity contribution is 6.37. The number of phenolic OH excluding ortho intramolecular Hbond substituents is 1. The second kappa shape index (κ2) is 7.92. The number of phenols is 1. The molecule has 29 heavy (non-hydrogen) atoms. The number of rotatable bonds is 4. The number of amides is 1. The van der Waals surface area contributed by atoms with Crippen LogP contribution >= 0.6 is 23.2 Å². The SMILES string of the molecule is CN(Cc1cccc(C(F)(F)F)c1)C(=O)c1ncn(-c2cc(Cl)c(O)c(Cl)c2)n1. The summed E-state index contributed by atoms with van der Waals surface area (Å²) in [7, 11) is 1.43. The Labute approximate surface area is 173 Å². The summed E-state index contributed by atoms with van der Waals surface area (Å²) in [6, 6.07) is 7.49. The lowest BCUT2D eigenvalue weighted by Gasteiger charge is -2.16. The van der Waals surface area contributed by atoms with Gasteiger partial charge < -0.3 is 10.0 Å². The van der Waals surface area contributed by atoms with Gasteiger partial charge in [-0.15, -0.1) is 5.10 Å². The lowest BCUT2D eigenvalue weighted by Crippen LogP contribution is -2.27. The Morgan fingerprint density at radius 3 is 2.48 bits per heavy atom. The van der Waals surface area contributed by atoms with Gasteiger partial charge in [0.2, 0.25) is 5.82 Å². The van der Waals surface area contributed by atoms with E-state index < -0.39 is 17.6 Å². The van der Waals surface area contributed by atoms with Gasteiger partial charge in [0.25, 0.3) is 5.91 Å². The summed E-state index contributed by atoms with van der Waals surface area (Å²) in [5.41, 5.74) is -0.114. The highest BCUT2D eigenvalue weighted by Crippen LogP contribution is 2.33. The molecule has 0 aliphatic rings. The second-order valence-electron chi connectivity index (χ2n) is 6.13. The molecular weight excluding hydrogens is 432 g/mol. The predicted molar refractivity (Wildman–Crippen MR) is 100 cm³/mol. The van der Waals surface area contributed by atoms with Gasteiger partial charge in [-0.25, -0.2) is 9.67 Å². The molecule has 1 amide bonds. The minimum Gasteiger partial charge on any atom is -0.505 e. The van der Waals surface area contributed by atoms with Crippen molar-refractivity contribution in [3.8, 4) is 11.4 Å². The molecule has 2 aromatic carbocycles. The topological polar surface area (TPSA) is 71.2 Å². The number of benzene rings is 2. The van der Waals surface area contributed by atoms with Crippen LogP contribution in [0.5, 0.6) is 5.75 Å². The van der Waals surface area contributed by atoms with Crippen molar-refractivity contribution in [3.05, 3.63) is 69.7 Å². The highest BCUT2D eigenvalue weighted by Gasteiger charge is 2.30. The van der Waals surface area contributed by atoms with Crippen LogP contribution in [0, 0.1) is 0 Å². The van der Waals surface area contributed by atoms with Gasteiger partial charge in [-0.1, -0.05) is 35.3 Å². The predicted octanol–water partition coefficient (Wildman–Crippen LogP) is 4.57. The molecule has 1 aromatic heterocycles. The summed E-state index contributed by atoms with van der Waals surface area (Å²) >= 11 is 11.7. The smallest absolute Gasteiger partial charge is 0.416 e. The van der Waals surface area contributed by atoms with E-state index in [0.717, 1.165) is 12.1 Å². The minimum absolute atomic E-state index is 0.00228. The number of aromatic hydroxyl groups is 1. The maximum absolute atomic E-state index is 12.8. The summed E-state index contributed by atoms with van der Waals surface area (Å²) in [5.74, 6) is -1.04. The van der Waals surface area contributed by atoms with Crippen molar-refractivity contribution < 1.29 is 23.1 Å². The van der Waals surface area contributed by atoms with Crippen LogP contribution in [0.2, 0.25) is 10.0 Å². The van der Waals surface area contributed by atoms with E-state index in [1.54, 1.807) is 0 Å². The summed E-state index contributed by atoms with van der Waals surface area (Å²) in [5, 5.41) is 13.7. The fourth-order valence-corrected chi connectivity index (χ4v) is 3.01. The minimum atomic E-state index is -4.47. The molecule has 6 nitrogen and oxygen atoms in total. The van der Waals surface area contributed by atoms with Gasteiger partial charge in [-0.05, 0) is 29.8 Å². The third-order valence-corrected chi connectivity index (χ3v) is 4.55. The molecule has 1 heterocycles. The third kappa shape index (κ3) is 4.63. The average molecular weight is 445 g/mol. The van der Waals surface area contributed by atoms with Gasteiger partial charge >= 0.3 is 6.18 Å². The van der Waals surface area contributed by atoms with E-state index in [1.807, 2.05) is 0 Å². The third-order valence-electron chi connectivity index (χ3n) is 3.97. The molecule has 0 bridgehead atoms. The van der Waals surface area contributed by atoms with Crippen LogP contribution in [-0.4, -0.2) is 37.7 Å². The summed E-state index contributed by atoms with van der Waals surface area (Å²) in [6.07, 6.45) is -3.21.